The fourth-order valence-corrected chi connectivity index (χ4v) is 16.8. The Balaban J connectivity index is -0.000000543. The second kappa shape index (κ2) is 32.4. The maximum atomic E-state index is 9.29. The summed E-state index contributed by atoms with van der Waals surface area (Å²) >= 11 is -2.17. The van der Waals surface area contributed by atoms with Gasteiger partial charge in [-0.25, -0.2) is 0 Å². The van der Waals surface area contributed by atoms with Crippen LogP contribution in [0.2, 0.25) is 13.3 Å². The third-order valence-corrected chi connectivity index (χ3v) is 23.7. The maximum absolute atomic E-state index is 9.29. The second-order valence-corrected chi connectivity index (χ2v) is 50.5. The molecule has 0 aliphatic rings. The van der Waals surface area contributed by atoms with E-state index in [0.29, 0.717) is 0 Å². The van der Waals surface area contributed by atoms with Crippen LogP contribution in [0, 0.1) is 0 Å². The summed E-state index contributed by atoms with van der Waals surface area (Å²) in [6, 6.07) is 0. The van der Waals surface area contributed by atoms with Crippen LogP contribution in [-0.4, -0.2) is 47.9 Å². The molecule has 0 aromatic heterocycles. The monoisotopic (exact) mass is 846 g/mol. The van der Waals surface area contributed by atoms with Crippen molar-refractivity contribution in [2.75, 3.05) is 5.75 Å². The zero-order chi connectivity index (χ0) is 28.1. The van der Waals surface area contributed by atoms with Gasteiger partial charge in [-0.05, 0) is 0 Å². The van der Waals surface area contributed by atoms with Crippen LogP contribution in [0.1, 0.15) is 136 Å². The molecule has 2 nitrogen and oxygen atoms in total. The van der Waals surface area contributed by atoms with E-state index in [1.165, 1.54) is 118 Å². The first-order valence-electron chi connectivity index (χ1n) is 14.2. The number of carboxylic acid groups (broad SMARTS) is 1. The van der Waals surface area contributed by atoms with Gasteiger partial charge in [-0.3, -0.25) is 4.79 Å². The predicted molar refractivity (Wildman–Crippen MR) is 177 cm³/mol. The molecule has 0 saturated carbocycles. The maximum Gasteiger partial charge on any atom is 0.313 e. The van der Waals surface area contributed by atoms with Gasteiger partial charge in [0.2, 0.25) is 0 Å². The molecule has 0 bridgehead atoms. The van der Waals surface area contributed by atoms with Crippen molar-refractivity contribution in [1.82, 2.24) is 0 Å². The van der Waals surface area contributed by atoms with E-state index in [1.807, 2.05) is 0 Å². The van der Waals surface area contributed by atoms with E-state index in [9.17, 15) is 4.79 Å². The van der Waals surface area contributed by atoms with E-state index in [1.54, 1.807) is 0 Å². The molecule has 0 unspecified atom stereocenters. The average Bonchev–Trinajstić information content (AvgIpc) is 2.81. The van der Waals surface area contributed by atoms with Crippen LogP contribution < -0.4 is 0 Å². The number of thiol groups is 1. The Labute approximate surface area is 256 Å². The summed E-state index contributed by atoms with van der Waals surface area (Å²) in [5.74, 6) is -0.965. The van der Waals surface area contributed by atoms with Gasteiger partial charge in [0, 0.05) is 0 Å². The number of halogens is 5. The summed E-state index contributed by atoms with van der Waals surface area (Å²) in [5.41, 5.74) is 0. The Kier molecular flexibility index (Phi) is 39.0. The van der Waals surface area contributed by atoms with Crippen LogP contribution in [0.3, 0.4) is 0 Å². The first-order valence-corrected chi connectivity index (χ1v) is 39.0. The zero-order valence-electron chi connectivity index (χ0n) is 23.2. The summed E-state index contributed by atoms with van der Waals surface area (Å²) in [4.78, 5) is 9.29. The summed E-state index contributed by atoms with van der Waals surface area (Å²) in [5, 5.41) is 7.65. The van der Waals surface area contributed by atoms with Crippen LogP contribution in [-0.2, 0) is 4.79 Å². The standard InChI is InChI=1S/3C8H17.C2H4O2S.5ClH.2Sn/c3*1-3-5-7-8-6-4-2;3-2(4)1-5;;;;;;;/h3*1,3-8H2,2H3;5H,1H2,(H,3,4);5*1H;;/q;;;;;;;;;+2;+3/p-5. The number of hydrogen-bond donors (Lipinski definition) is 2. The molecule has 0 fully saturated rings. The van der Waals surface area contributed by atoms with Gasteiger partial charge in [-0.1, -0.05) is 0 Å². The van der Waals surface area contributed by atoms with Gasteiger partial charge in [0.1, 0.15) is 0 Å². The number of rotatable bonds is 22. The Bertz CT molecular complexity index is 439. The molecule has 0 heterocycles. The van der Waals surface area contributed by atoms with Crippen molar-refractivity contribution >= 4 is 94.3 Å². The summed E-state index contributed by atoms with van der Waals surface area (Å²) in [6.45, 7) is 6.75. The van der Waals surface area contributed by atoms with Crippen molar-refractivity contribution in [3.63, 3.8) is 0 Å². The van der Waals surface area contributed by atoms with Gasteiger partial charge >= 0.3 is 231 Å². The second-order valence-electron chi connectivity index (χ2n) is 9.58. The minimum absolute atomic E-state index is 0.0833. The molecule has 36 heavy (non-hydrogen) atoms. The van der Waals surface area contributed by atoms with Crippen molar-refractivity contribution in [2.45, 2.75) is 150 Å². The van der Waals surface area contributed by atoms with E-state index in [0.717, 1.165) is 10.9 Å². The van der Waals surface area contributed by atoms with Gasteiger partial charge < -0.3 is 5.11 Å². The van der Waals surface area contributed by atoms with Gasteiger partial charge in [-0.15, -0.1) is 0 Å². The van der Waals surface area contributed by atoms with Crippen molar-refractivity contribution in [3.8, 4) is 0 Å². The quantitative estimate of drug-likeness (QED) is 0.0647. The smallest absolute Gasteiger partial charge is 0.313 e. The molecule has 10 heteroatoms. The molecular formula is C26H55Cl5O2SSn2. The molecule has 0 aliphatic carbocycles. The van der Waals surface area contributed by atoms with Crippen molar-refractivity contribution < 1.29 is 9.90 Å². The molecule has 0 atom stereocenters. The fourth-order valence-electron chi connectivity index (χ4n) is 3.56. The molecule has 220 valence electrons. The third kappa shape index (κ3) is 46.7. The van der Waals surface area contributed by atoms with E-state index < -0.39 is 37.1 Å². The van der Waals surface area contributed by atoms with Gasteiger partial charge in [0.05, 0.1) is 5.75 Å². The molecule has 0 aliphatic heterocycles. The fraction of sp³-hybridized carbons (Fsp3) is 0.962. The largest absolute Gasteiger partial charge is 0.481 e. The van der Waals surface area contributed by atoms with Crippen LogP contribution >= 0.6 is 57.2 Å². The van der Waals surface area contributed by atoms with E-state index >= 15 is 0 Å². The SMILES string of the molecule is CCCCCCC[CH2][Sn]([Cl])([Cl])[CH2]CCCCCCC.CCCCCCC[CH2][Sn]([Cl])([Cl])[Cl].O=C(O)CS. The molecule has 0 rings (SSSR count). The number of hydrogen-bond acceptors (Lipinski definition) is 2. The molecule has 0 radical (unpaired) electrons. The van der Waals surface area contributed by atoms with E-state index in [2.05, 4.69) is 33.4 Å². The van der Waals surface area contributed by atoms with Gasteiger partial charge in [-0.2, -0.15) is 12.6 Å². The summed E-state index contributed by atoms with van der Waals surface area (Å²) in [7, 11) is 30.6. The number of carboxylic acids is 1. The van der Waals surface area contributed by atoms with Gasteiger partial charge in [0.15, 0.2) is 0 Å². The van der Waals surface area contributed by atoms with Crippen molar-refractivity contribution in [1.29, 1.82) is 0 Å². The minimum Gasteiger partial charge on any atom is -0.481 e. The molecule has 0 spiro atoms. The molecule has 0 saturated heterocycles. The van der Waals surface area contributed by atoms with E-state index in [-0.39, 0.29) is 5.75 Å². The van der Waals surface area contributed by atoms with Crippen LogP contribution in [0.5, 0.6) is 0 Å². The zero-order valence-corrected chi connectivity index (χ0v) is 33.6. The Morgan fingerprint density at radius 1 is 0.556 bits per heavy atom. The van der Waals surface area contributed by atoms with E-state index in [4.69, 9.17) is 49.7 Å². The predicted octanol–water partition coefficient (Wildman–Crippen LogP) is 12.6. The molecule has 0 aromatic carbocycles. The third-order valence-electron chi connectivity index (χ3n) is 5.74. The molecule has 1 N–H and O–H groups in total. The van der Waals surface area contributed by atoms with Crippen molar-refractivity contribution in [2.24, 2.45) is 0 Å². The average molecular weight is 846 g/mol. The van der Waals surface area contributed by atoms with Gasteiger partial charge in [0.25, 0.3) is 0 Å². The first kappa shape index (κ1) is 43.3. The van der Waals surface area contributed by atoms with Crippen LogP contribution in [0.15, 0.2) is 0 Å². The molecule has 0 amide bonds. The first-order chi connectivity index (χ1) is 17.0. The molecule has 0 aromatic rings. The number of unbranched alkanes of at least 4 members (excludes halogenated alkanes) is 15. The Hall–Kier alpha value is 2.87. The Morgan fingerprint density at radius 2 is 0.806 bits per heavy atom. The normalized spacial score (nSPS) is 11.4. The topological polar surface area (TPSA) is 37.3 Å². The number of carbonyl (C=O) groups is 1. The number of aliphatic carboxylic acids is 1. The minimum atomic E-state index is -2.96. The summed E-state index contributed by atoms with van der Waals surface area (Å²) < 4.78 is 3.25. The van der Waals surface area contributed by atoms with Crippen molar-refractivity contribution in [3.05, 3.63) is 0 Å². The molecular weight excluding hydrogens is 791 g/mol. The van der Waals surface area contributed by atoms with Crippen LogP contribution in [0.4, 0.5) is 0 Å². The Morgan fingerprint density at radius 3 is 1.06 bits per heavy atom. The van der Waals surface area contributed by atoms with Crippen LogP contribution in [0.25, 0.3) is 0 Å². The summed E-state index contributed by atoms with van der Waals surface area (Å²) in [6.07, 6.45) is 23.8.